The topological polar surface area (TPSA) is 87.7 Å². The second kappa shape index (κ2) is 7.64. The highest BCUT2D eigenvalue weighted by atomic mass is 16.4. The number of fused-ring (bicyclic) bond motifs is 1. The average molecular weight is 386 g/mol. The number of hydrogen-bond acceptors (Lipinski definition) is 5. The molecular formula is C24H18O5. The predicted octanol–water partition coefficient (Wildman–Crippen LogP) is 4.61. The second-order valence-electron chi connectivity index (χ2n) is 6.76. The summed E-state index contributed by atoms with van der Waals surface area (Å²) in [7, 11) is 0. The molecule has 0 saturated heterocycles. The molecule has 4 aromatic rings. The highest BCUT2D eigenvalue weighted by molar-refractivity contribution is 5.99. The smallest absolute Gasteiger partial charge is 0.343 e. The van der Waals surface area contributed by atoms with Crippen molar-refractivity contribution in [1.29, 1.82) is 0 Å². The summed E-state index contributed by atoms with van der Waals surface area (Å²) in [6.45, 7) is 0. The Bertz CT molecular complexity index is 1240. The van der Waals surface area contributed by atoms with E-state index in [-0.39, 0.29) is 40.4 Å². The number of hydrogen-bond donors (Lipinski definition) is 2. The normalized spacial score (nSPS) is 12.0. The molecule has 5 heteroatoms. The molecule has 0 amide bonds. The lowest BCUT2D eigenvalue weighted by atomic mass is 9.85. The molecule has 29 heavy (non-hydrogen) atoms. The van der Waals surface area contributed by atoms with E-state index in [1.807, 2.05) is 6.07 Å². The molecule has 0 radical (unpaired) electrons. The molecule has 0 bridgehead atoms. The number of para-hydroxylation sites is 2. The number of ketones is 1. The summed E-state index contributed by atoms with van der Waals surface area (Å²) in [5, 5.41) is 21.3. The Morgan fingerprint density at radius 3 is 2.28 bits per heavy atom. The second-order valence-corrected chi connectivity index (χ2v) is 6.76. The first-order chi connectivity index (χ1) is 14.1. The fraction of sp³-hybridized carbons (Fsp3) is 0.0833. The van der Waals surface area contributed by atoms with E-state index in [0.717, 1.165) is 0 Å². The molecule has 4 rings (SSSR count). The molecule has 0 saturated carbocycles. The minimum atomic E-state index is -0.732. The van der Waals surface area contributed by atoms with Crippen molar-refractivity contribution in [2.45, 2.75) is 12.3 Å². The van der Waals surface area contributed by atoms with Gasteiger partial charge in [0.25, 0.3) is 0 Å². The first-order valence-electron chi connectivity index (χ1n) is 9.17. The van der Waals surface area contributed by atoms with Crippen LogP contribution in [0.1, 0.15) is 33.8 Å². The van der Waals surface area contributed by atoms with Gasteiger partial charge in [-0.25, -0.2) is 4.79 Å². The zero-order valence-electron chi connectivity index (χ0n) is 15.4. The molecule has 144 valence electrons. The number of aromatic hydroxyl groups is 2. The van der Waals surface area contributed by atoms with Crippen LogP contribution >= 0.6 is 0 Å². The van der Waals surface area contributed by atoms with Gasteiger partial charge in [0.2, 0.25) is 0 Å². The van der Waals surface area contributed by atoms with Crippen LogP contribution in [0.25, 0.3) is 11.0 Å². The van der Waals surface area contributed by atoms with Crippen LogP contribution in [-0.2, 0) is 0 Å². The summed E-state index contributed by atoms with van der Waals surface area (Å²) >= 11 is 0. The highest BCUT2D eigenvalue weighted by Crippen LogP contribution is 2.37. The Kier molecular flexibility index (Phi) is 4.87. The van der Waals surface area contributed by atoms with Crippen molar-refractivity contribution < 1.29 is 19.4 Å². The van der Waals surface area contributed by atoms with Crippen molar-refractivity contribution in [1.82, 2.24) is 0 Å². The third kappa shape index (κ3) is 3.50. The van der Waals surface area contributed by atoms with Gasteiger partial charge in [0.05, 0.1) is 16.5 Å². The molecule has 1 atom stereocenters. The van der Waals surface area contributed by atoms with Gasteiger partial charge >= 0.3 is 5.63 Å². The third-order valence-corrected chi connectivity index (χ3v) is 4.96. The van der Waals surface area contributed by atoms with Crippen molar-refractivity contribution in [3.05, 3.63) is 106 Å². The summed E-state index contributed by atoms with van der Waals surface area (Å²) in [5.74, 6) is -1.40. The maximum atomic E-state index is 12.9. The van der Waals surface area contributed by atoms with Crippen LogP contribution in [-0.4, -0.2) is 16.0 Å². The van der Waals surface area contributed by atoms with Crippen LogP contribution in [0, 0.1) is 0 Å². The maximum Gasteiger partial charge on any atom is 0.343 e. The van der Waals surface area contributed by atoms with Gasteiger partial charge in [-0.1, -0.05) is 54.6 Å². The molecule has 5 nitrogen and oxygen atoms in total. The van der Waals surface area contributed by atoms with Gasteiger partial charge in [-0.05, 0) is 29.8 Å². The van der Waals surface area contributed by atoms with Crippen LogP contribution in [0.5, 0.6) is 11.5 Å². The quantitative estimate of drug-likeness (QED) is 0.386. The van der Waals surface area contributed by atoms with E-state index < -0.39 is 11.5 Å². The summed E-state index contributed by atoms with van der Waals surface area (Å²) in [6, 6.07) is 22.0. The zero-order valence-corrected chi connectivity index (χ0v) is 15.4. The molecule has 0 aliphatic heterocycles. The van der Waals surface area contributed by atoms with Gasteiger partial charge in [-0.15, -0.1) is 0 Å². The van der Waals surface area contributed by atoms with Crippen molar-refractivity contribution >= 4 is 16.8 Å². The Morgan fingerprint density at radius 2 is 1.52 bits per heavy atom. The predicted molar refractivity (Wildman–Crippen MR) is 109 cm³/mol. The van der Waals surface area contributed by atoms with Crippen molar-refractivity contribution in [2.24, 2.45) is 0 Å². The molecule has 2 N–H and O–H groups in total. The summed E-state index contributed by atoms with van der Waals surface area (Å²) in [5.41, 5.74) is 0.462. The summed E-state index contributed by atoms with van der Waals surface area (Å²) in [4.78, 5) is 25.7. The fourth-order valence-corrected chi connectivity index (χ4v) is 3.53. The minimum absolute atomic E-state index is 0.0265. The summed E-state index contributed by atoms with van der Waals surface area (Å²) in [6.07, 6.45) is -0.113. The molecule has 0 fully saturated rings. The van der Waals surface area contributed by atoms with E-state index >= 15 is 0 Å². The van der Waals surface area contributed by atoms with Gasteiger partial charge in [0.15, 0.2) is 5.78 Å². The van der Waals surface area contributed by atoms with Crippen LogP contribution in [0.4, 0.5) is 0 Å². The third-order valence-electron chi connectivity index (χ3n) is 4.96. The monoisotopic (exact) mass is 386 g/mol. The Hall–Kier alpha value is -3.86. The van der Waals surface area contributed by atoms with Crippen LogP contribution in [0.2, 0.25) is 0 Å². The number of carbonyl (C=O) groups excluding carboxylic acids is 1. The van der Waals surface area contributed by atoms with Crippen LogP contribution in [0.3, 0.4) is 0 Å². The van der Waals surface area contributed by atoms with Crippen LogP contribution < -0.4 is 5.63 Å². The van der Waals surface area contributed by atoms with E-state index in [0.29, 0.717) is 10.9 Å². The van der Waals surface area contributed by atoms with Gasteiger partial charge in [-0.2, -0.15) is 0 Å². The van der Waals surface area contributed by atoms with E-state index in [1.165, 1.54) is 12.1 Å². The number of Topliss-reactive ketones (excluding diaryl/α,β-unsaturated/α-hetero) is 1. The van der Waals surface area contributed by atoms with Crippen LogP contribution in [0.15, 0.2) is 88.1 Å². The van der Waals surface area contributed by atoms with Crippen molar-refractivity contribution in [3.63, 3.8) is 0 Å². The molecule has 0 unspecified atom stereocenters. The van der Waals surface area contributed by atoms with E-state index in [9.17, 15) is 19.8 Å². The number of phenolic OH excluding ortho intramolecular Hbond substituents is 1. The van der Waals surface area contributed by atoms with Crippen molar-refractivity contribution in [2.75, 3.05) is 0 Å². The zero-order chi connectivity index (χ0) is 20.4. The summed E-state index contributed by atoms with van der Waals surface area (Å²) < 4.78 is 5.41. The van der Waals surface area contributed by atoms with E-state index in [1.54, 1.807) is 60.7 Å². The van der Waals surface area contributed by atoms with Gasteiger partial charge in [0, 0.05) is 12.3 Å². The fourth-order valence-electron chi connectivity index (χ4n) is 3.53. The first kappa shape index (κ1) is 18.5. The highest BCUT2D eigenvalue weighted by Gasteiger charge is 2.28. The van der Waals surface area contributed by atoms with Crippen molar-refractivity contribution in [3.8, 4) is 11.5 Å². The van der Waals surface area contributed by atoms with E-state index in [2.05, 4.69) is 0 Å². The number of rotatable bonds is 5. The minimum Gasteiger partial charge on any atom is -0.507 e. The molecule has 1 aromatic heterocycles. The largest absolute Gasteiger partial charge is 0.507 e. The molecule has 3 aromatic carbocycles. The molecular weight excluding hydrogens is 368 g/mol. The Morgan fingerprint density at radius 1 is 0.862 bits per heavy atom. The first-order valence-corrected chi connectivity index (χ1v) is 9.17. The lowest BCUT2D eigenvalue weighted by Crippen LogP contribution is -2.17. The molecule has 0 aliphatic rings. The lowest BCUT2D eigenvalue weighted by Gasteiger charge is -2.18. The SMILES string of the molecule is O=C(C[C@@H](c1ccccc1)c1c(O)c2ccccc2oc1=O)c1ccccc1O. The Labute approximate surface area is 166 Å². The van der Waals surface area contributed by atoms with E-state index in [4.69, 9.17) is 4.42 Å². The maximum absolute atomic E-state index is 12.9. The molecule has 0 aliphatic carbocycles. The number of benzene rings is 3. The van der Waals surface area contributed by atoms with Gasteiger partial charge in [-0.3, -0.25) is 4.79 Å². The number of carbonyl (C=O) groups is 1. The molecule has 1 heterocycles. The van der Waals surface area contributed by atoms with Gasteiger partial charge in [0.1, 0.15) is 17.1 Å². The number of phenols is 1. The molecule has 0 spiro atoms. The Balaban J connectivity index is 1.87. The lowest BCUT2D eigenvalue weighted by molar-refractivity contribution is 0.0974. The average Bonchev–Trinajstić information content (AvgIpc) is 2.74. The standard InChI is InChI=1S/C24H18O5/c25-19-12-6-4-10-16(19)20(26)14-18(15-8-2-1-3-9-15)22-23(27)17-11-5-7-13-21(17)29-24(22)28/h1-13,18,25,27H,14H2/t18-/m0/s1. The van der Waals surface area contributed by atoms with Gasteiger partial charge < -0.3 is 14.6 Å².